The molecular formula is C18H16N6S. The molecule has 3 aromatic heterocycles. The molecule has 3 heterocycles. The number of nitrogen functional groups attached to an aromatic ring is 1. The first-order valence-electron chi connectivity index (χ1n) is 7.77. The zero-order valence-electron chi connectivity index (χ0n) is 13.3. The Labute approximate surface area is 148 Å². The number of nitrogens with one attached hydrogen (secondary N) is 2. The molecule has 0 aliphatic rings. The molecule has 0 saturated heterocycles. The molecule has 4 rings (SSSR count). The van der Waals surface area contributed by atoms with Crippen LogP contribution in [0.25, 0.3) is 10.9 Å². The van der Waals surface area contributed by atoms with Gasteiger partial charge in [0.2, 0.25) is 0 Å². The summed E-state index contributed by atoms with van der Waals surface area (Å²) in [5, 5.41) is 11.6. The van der Waals surface area contributed by atoms with Crippen molar-refractivity contribution in [1.29, 1.82) is 0 Å². The molecule has 0 aliphatic carbocycles. The van der Waals surface area contributed by atoms with Crippen molar-refractivity contribution in [3.63, 3.8) is 0 Å². The number of fused-ring (bicyclic) bond motifs is 1. The van der Waals surface area contributed by atoms with Crippen LogP contribution >= 0.6 is 11.3 Å². The molecule has 6 nitrogen and oxygen atoms in total. The molecule has 0 radical (unpaired) electrons. The van der Waals surface area contributed by atoms with Gasteiger partial charge in [-0.05, 0) is 35.2 Å². The molecule has 1 aromatic carbocycles. The van der Waals surface area contributed by atoms with Crippen LogP contribution in [-0.4, -0.2) is 15.0 Å². The standard InChI is InChI=1S/C18H16N6S/c19-17-18(24-16(10-21-17)23-14-5-7-25-11-14)22-9-12-3-4-15-13(8-12)2-1-6-20-15/h1-8,10-11H,9H2,(H2,19,21)(H2,22,23,24). The number of thiophene rings is 1. The van der Waals surface area contributed by atoms with Crippen LogP contribution < -0.4 is 16.4 Å². The molecule has 124 valence electrons. The number of aromatic nitrogens is 3. The fourth-order valence-electron chi connectivity index (χ4n) is 2.49. The lowest BCUT2D eigenvalue weighted by atomic mass is 10.1. The summed E-state index contributed by atoms with van der Waals surface area (Å²) in [6, 6.07) is 12.1. The van der Waals surface area contributed by atoms with Crippen molar-refractivity contribution in [2.75, 3.05) is 16.4 Å². The third kappa shape index (κ3) is 3.51. The predicted molar refractivity (Wildman–Crippen MR) is 103 cm³/mol. The predicted octanol–water partition coefficient (Wildman–Crippen LogP) is 4.02. The Morgan fingerprint density at radius 1 is 1.12 bits per heavy atom. The highest BCUT2D eigenvalue weighted by Crippen LogP contribution is 2.21. The number of rotatable bonds is 5. The van der Waals surface area contributed by atoms with E-state index in [-0.39, 0.29) is 0 Å². The molecule has 4 aromatic rings. The molecule has 0 saturated carbocycles. The molecular weight excluding hydrogens is 332 g/mol. The van der Waals surface area contributed by atoms with Gasteiger partial charge in [-0.2, -0.15) is 11.3 Å². The normalized spacial score (nSPS) is 10.7. The highest BCUT2D eigenvalue weighted by Gasteiger charge is 2.06. The van der Waals surface area contributed by atoms with E-state index in [1.54, 1.807) is 23.7 Å². The van der Waals surface area contributed by atoms with Gasteiger partial charge in [0.25, 0.3) is 0 Å². The van der Waals surface area contributed by atoms with Crippen LogP contribution in [0.4, 0.5) is 23.1 Å². The highest BCUT2D eigenvalue weighted by molar-refractivity contribution is 7.08. The summed E-state index contributed by atoms with van der Waals surface area (Å²) in [6.45, 7) is 0.603. The molecule has 4 N–H and O–H groups in total. The van der Waals surface area contributed by atoms with Crippen molar-refractivity contribution in [1.82, 2.24) is 15.0 Å². The minimum atomic E-state index is 0.373. The maximum atomic E-state index is 5.95. The fraction of sp³-hybridized carbons (Fsp3) is 0.0556. The van der Waals surface area contributed by atoms with Crippen molar-refractivity contribution in [3.05, 3.63) is 65.1 Å². The van der Waals surface area contributed by atoms with Crippen molar-refractivity contribution in [3.8, 4) is 0 Å². The van der Waals surface area contributed by atoms with E-state index in [0.29, 0.717) is 24.0 Å². The van der Waals surface area contributed by atoms with E-state index >= 15 is 0 Å². The summed E-state index contributed by atoms with van der Waals surface area (Å²) in [5.41, 5.74) is 9.03. The topological polar surface area (TPSA) is 88.8 Å². The molecule has 7 heteroatoms. The van der Waals surface area contributed by atoms with Gasteiger partial charge in [0.15, 0.2) is 17.5 Å². The summed E-state index contributed by atoms with van der Waals surface area (Å²) in [5.74, 6) is 1.59. The first-order chi connectivity index (χ1) is 12.3. The van der Waals surface area contributed by atoms with Crippen LogP contribution in [0.2, 0.25) is 0 Å². The summed E-state index contributed by atoms with van der Waals surface area (Å²) < 4.78 is 0. The van der Waals surface area contributed by atoms with Gasteiger partial charge in [-0.25, -0.2) is 9.97 Å². The van der Waals surface area contributed by atoms with E-state index in [4.69, 9.17) is 5.73 Å². The summed E-state index contributed by atoms with van der Waals surface area (Å²) in [6.07, 6.45) is 3.42. The molecule has 0 amide bonds. The third-order valence-corrected chi connectivity index (χ3v) is 4.40. The molecule has 0 aliphatic heterocycles. The van der Waals surface area contributed by atoms with Crippen molar-refractivity contribution < 1.29 is 0 Å². The second kappa shape index (κ2) is 6.74. The van der Waals surface area contributed by atoms with Crippen LogP contribution in [0.1, 0.15) is 5.56 Å². The molecule has 0 bridgehead atoms. The maximum absolute atomic E-state index is 5.95. The Kier molecular flexibility index (Phi) is 4.14. The average Bonchev–Trinajstić information content (AvgIpc) is 3.15. The first-order valence-corrected chi connectivity index (χ1v) is 8.71. The van der Waals surface area contributed by atoms with Gasteiger partial charge < -0.3 is 16.4 Å². The van der Waals surface area contributed by atoms with Gasteiger partial charge >= 0.3 is 0 Å². The minimum Gasteiger partial charge on any atom is -0.381 e. The van der Waals surface area contributed by atoms with Crippen LogP contribution in [0.5, 0.6) is 0 Å². The Balaban J connectivity index is 1.51. The molecule has 0 unspecified atom stereocenters. The zero-order valence-corrected chi connectivity index (χ0v) is 14.1. The monoisotopic (exact) mass is 348 g/mol. The smallest absolute Gasteiger partial charge is 0.171 e. The zero-order chi connectivity index (χ0) is 17.1. The number of anilines is 4. The van der Waals surface area contributed by atoms with E-state index in [1.807, 2.05) is 41.1 Å². The second-order valence-electron chi connectivity index (χ2n) is 5.51. The van der Waals surface area contributed by atoms with Crippen molar-refractivity contribution in [2.45, 2.75) is 6.54 Å². The van der Waals surface area contributed by atoms with E-state index in [2.05, 4.69) is 31.7 Å². The molecule has 0 atom stereocenters. The molecule has 25 heavy (non-hydrogen) atoms. The van der Waals surface area contributed by atoms with Gasteiger partial charge in [-0.15, -0.1) is 0 Å². The van der Waals surface area contributed by atoms with Crippen LogP contribution in [0.15, 0.2) is 59.6 Å². The van der Waals surface area contributed by atoms with E-state index < -0.39 is 0 Å². The minimum absolute atomic E-state index is 0.373. The third-order valence-electron chi connectivity index (χ3n) is 3.72. The fourth-order valence-corrected chi connectivity index (χ4v) is 3.08. The highest BCUT2D eigenvalue weighted by atomic mass is 32.1. The van der Waals surface area contributed by atoms with Gasteiger partial charge in [-0.1, -0.05) is 12.1 Å². The van der Waals surface area contributed by atoms with Crippen LogP contribution in [0, 0.1) is 0 Å². The number of benzene rings is 1. The largest absolute Gasteiger partial charge is 0.381 e. The number of nitrogens with zero attached hydrogens (tertiary/aromatic N) is 3. The van der Waals surface area contributed by atoms with E-state index in [9.17, 15) is 0 Å². The molecule has 0 spiro atoms. The Bertz CT molecular complexity index is 1000. The lowest BCUT2D eigenvalue weighted by Crippen LogP contribution is -2.07. The number of nitrogens with two attached hydrogens (primary N) is 1. The van der Waals surface area contributed by atoms with Crippen molar-refractivity contribution in [2.24, 2.45) is 0 Å². The maximum Gasteiger partial charge on any atom is 0.171 e. The quantitative estimate of drug-likeness (QED) is 0.505. The van der Waals surface area contributed by atoms with Crippen LogP contribution in [-0.2, 0) is 6.54 Å². The number of hydrogen-bond acceptors (Lipinski definition) is 7. The van der Waals surface area contributed by atoms with Gasteiger partial charge in [-0.3, -0.25) is 4.98 Å². The Morgan fingerprint density at radius 2 is 2.08 bits per heavy atom. The lowest BCUT2D eigenvalue weighted by Gasteiger charge is -2.10. The van der Waals surface area contributed by atoms with E-state index in [1.165, 1.54) is 0 Å². The molecule has 0 fully saturated rings. The first kappa shape index (κ1) is 15.3. The second-order valence-corrected chi connectivity index (χ2v) is 6.29. The number of pyridine rings is 1. The lowest BCUT2D eigenvalue weighted by molar-refractivity contribution is 1.10. The number of hydrogen-bond donors (Lipinski definition) is 3. The van der Waals surface area contributed by atoms with E-state index in [0.717, 1.165) is 22.2 Å². The van der Waals surface area contributed by atoms with Gasteiger partial charge in [0.05, 0.1) is 17.4 Å². The summed E-state index contributed by atoms with van der Waals surface area (Å²) >= 11 is 1.62. The van der Waals surface area contributed by atoms with Crippen LogP contribution in [0.3, 0.4) is 0 Å². The summed E-state index contributed by atoms with van der Waals surface area (Å²) in [4.78, 5) is 13.0. The average molecular weight is 348 g/mol. The van der Waals surface area contributed by atoms with Gasteiger partial charge in [0, 0.05) is 23.5 Å². The van der Waals surface area contributed by atoms with Crippen molar-refractivity contribution >= 4 is 45.4 Å². The Morgan fingerprint density at radius 3 is 2.96 bits per heavy atom. The van der Waals surface area contributed by atoms with Gasteiger partial charge in [0.1, 0.15) is 0 Å². The SMILES string of the molecule is Nc1ncc(Nc2ccsc2)nc1NCc1ccc2ncccc2c1. The summed E-state index contributed by atoms with van der Waals surface area (Å²) in [7, 11) is 0. The Hall–Kier alpha value is -3.19.